The highest BCUT2D eigenvalue weighted by Crippen LogP contribution is 2.21. The van der Waals surface area contributed by atoms with Crippen LogP contribution in [0.4, 0.5) is 0 Å². The molecule has 4 heteroatoms. The average molecular weight is 239 g/mol. The molecule has 1 saturated carbocycles. The van der Waals surface area contributed by atoms with Crippen LogP contribution in [0, 0.1) is 0 Å². The molecular formula is C13H25N3O. The second kappa shape index (κ2) is 5.83. The number of nitrogens with zero attached hydrogens (tertiary/aromatic N) is 2. The number of nitrogens with two attached hydrogens (primary N) is 1. The van der Waals surface area contributed by atoms with E-state index in [-0.39, 0.29) is 0 Å². The molecule has 0 aromatic carbocycles. The number of amides is 1. The summed E-state index contributed by atoms with van der Waals surface area (Å²) in [6.07, 6.45) is 6.84. The van der Waals surface area contributed by atoms with Gasteiger partial charge in [-0.05, 0) is 45.6 Å². The number of carbonyl (C=O) groups excluding carboxylic acids is 1. The third-order valence-electron chi connectivity index (χ3n) is 4.21. The Labute approximate surface area is 104 Å². The minimum atomic E-state index is 0.305. The largest absolute Gasteiger partial charge is 0.342 e. The van der Waals surface area contributed by atoms with Gasteiger partial charge in [0.1, 0.15) is 0 Å². The van der Waals surface area contributed by atoms with Crippen LogP contribution in [0.5, 0.6) is 0 Å². The predicted octanol–water partition coefficient (Wildman–Crippen LogP) is 0.811. The van der Waals surface area contributed by atoms with Crippen molar-refractivity contribution in [2.24, 2.45) is 5.73 Å². The second-order valence-corrected chi connectivity index (χ2v) is 5.57. The molecule has 0 radical (unpaired) electrons. The summed E-state index contributed by atoms with van der Waals surface area (Å²) in [5, 5.41) is 0. The Balaban J connectivity index is 1.76. The van der Waals surface area contributed by atoms with E-state index in [4.69, 9.17) is 5.73 Å². The van der Waals surface area contributed by atoms with Gasteiger partial charge < -0.3 is 10.6 Å². The van der Waals surface area contributed by atoms with Crippen molar-refractivity contribution >= 4 is 5.91 Å². The maximum atomic E-state index is 12.0. The standard InChI is InChI=1S/C13H25N3O/c1-15(12-6-4-11(14)5-7-12)10-13(17)16-8-2-3-9-16/h11-12H,2-10,14H2,1H3. The van der Waals surface area contributed by atoms with Crippen molar-refractivity contribution in [2.75, 3.05) is 26.7 Å². The molecule has 17 heavy (non-hydrogen) atoms. The molecule has 2 N–H and O–H groups in total. The Hall–Kier alpha value is -0.610. The Morgan fingerprint density at radius 1 is 1.24 bits per heavy atom. The molecule has 98 valence electrons. The van der Waals surface area contributed by atoms with Crippen molar-refractivity contribution in [3.8, 4) is 0 Å². The molecule has 2 rings (SSSR count). The molecule has 4 nitrogen and oxygen atoms in total. The SMILES string of the molecule is CN(CC(=O)N1CCCC1)C1CCC(N)CC1. The third kappa shape index (κ3) is 3.42. The van der Waals surface area contributed by atoms with Crippen molar-refractivity contribution in [2.45, 2.75) is 50.6 Å². The van der Waals surface area contributed by atoms with E-state index in [0.717, 1.165) is 38.8 Å². The fourth-order valence-electron chi connectivity index (χ4n) is 2.95. The fourth-order valence-corrected chi connectivity index (χ4v) is 2.95. The minimum Gasteiger partial charge on any atom is -0.342 e. The molecule has 1 aliphatic carbocycles. The molecule has 2 fully saturated rings. The van der Waals surface area contributed by atoms with Crippen LogP contribution in [-0.4, -0.2) is 54.5 Å². The van der Waals surface area contributed by atoms with Crippen LogP contribution in [-0.2, 0) is 4.79 Å². The Morgan fingerprint density at radius 3 is 2.41 bits per heavy atom. The normalized spacial score (nSPS) is 29.9. The minimum absolute atomic E-state index is 0.305. The summed E-state index contributed by atoms with van der Waals surface area (Å²) in [5.41, 5.74) is 5.90. The summed E-state index contributed by atoms with van der Waals surface area (Å²) in [7, 11) is 2.08. The van der Waals surface area contributed by atoms with E-state index in [1.807, 2.05) is 4.90 Å². The van der Waals surface area contributed by atoms with E-state index in [9.17, 15) is 4.79 Å². The van der Waals surface area contributed by atoms with E-state index in [1.165, 1.54) is 12.8 Å². The smallest absolute Gasteiger partial charge is 0.236 e. The zero-order valence-electron chi connectivity index (χ0n) is 10.9. The predicted molar refractivity (Wildman–Crippen MR) is 68.7 cm³/mol. The molecule has 0 atom stereocenters. The van der Waals surface area contributed by atoms with Gasteiger partial charge in [0.2, 0.25) is 5.91 Å². The lowest BCUT2D eigenvalue weighted by atomic mass is 9.91. The Kier molecular flexibility index (Phi) is 4.40. The number of carbonyl (C=O) groups is 1. The highest BCUT2D eigenvalue weighted by Gasteiger charge is 2.25. The van der Waals surface area contributed by atoms with Crippen LogP contribution < -0.4 is 5.73 Å². The molecule has 1 heterocycles. The fraction of sp³-hybridized carbons (Fsp3) is 0.923. The maximum absolute atomic E-state index is 12.0. The zero-order chi connectivity index (χ0) is 12.3. The van der Waals surface area contributed by atoms with Crippen molar-refractivity contribution in [1.82, 2.24) is 9.80 Å². The monoisotopic (exact) mass is 239 g/mol. The van der Waals surface area contributed by atoms with Crippen LogP contribution >= 0.6 is 0 Å². The lowest BCUT2D eigenvalue weighted by molar-refractivity contribution is -0.131. The molecule has 1 saturated heterocycles. The maximum Gasteiger partial charge on any atom is 0.236 e. The summed E-state index contributed by atoms with van der Waals surface area (Å²) in [5.74, 6) is 0.305. The lowest BCUT2D eigenvalue weighted by Gasteiger charge is -2.33. The van der Waals surface area contributed by atoms with Crippen molar-refractivity contribution in [3.63, 3.8) is 0 Å². The third-order valence-corrected chi connectivity index (χ3v) is 4.21. The molecule has 0 bridgehead atoms. The van der Waals surface area contributed by atoms with Gasteiger partial charge in [0.25, 0.3) is 0 Å². The van der Waals surface area contributed by atoms with Crippen molar-refractivity contribution in [3.05, 3.63) is 0 Å². The van der Waals surface area contributed by atoms with Gasteiger partial charge in [-0.3, -0.25) is 9.69 Å². The van der Waals surface area contributed by atoms with Crippen LogP contribution in [0.15, 0.2) is 0 Å². The number of likely N-dealkylation sites (tertiary alicyclic amines) is 1. The van der Waals surface area contributed by atoms with Gasteiger partial charge in [0.15, 0.2) is 0 Å². The van der Waals surface area contributed by atoms with E-state index < -0.39 is 0 Å². The first-order valence-corrected chi connectivity index (χ1v) is 6.90. The number of rotatable bonds is 3. The van der Waals surface area contributed by atoms with Crippen molar-refractivity contribution in [1.29, 1.82) is 0 Å². The summed E-state index contributed by atoms with van der Waals surface area (Å²) >= 11 is 0. The van der Waals surface area contributed by atoms with Gasteiger partial charge in [-0.25, -0.2) is 0 Å². The zero-order valence-corrected chi connectivity index (χ0v) is 10.9. The van der Waals surface area contributed by atoms with Gasteiger partial charge in [0, 0.05) is 25.2 Å². The summed E-state index contributed by atoms with van der Waals surface area (Å²) in [6, 6.07) is 0.940. The molecule has 2 aliphatic rings. The summed E-state index contributed by atoms with van der Waals surface area (Å²) < 4.78 is 0. The highest BCUT2D eigenvalue weighted by molar-refractivity contribution is 5.78. The number of hydrogen-bond acceptors (Lipinski definition) is 3. The molecule has 1 amide bonds. The highest BCUT2D eigenvalue weighted by atomic mass is 16.2. The van der Waals surface area contributed by atoms with E-state index in [1.54, 1.807) is 0 Å². The van der Waals surface area contributed by atoms with Crippen molar-refractivity contribution < 1.29 is 4.79 Å². The number of hydrogen-bond donors (Lipinski definition) is 1. The summed E-state index contributed by atoms with van der Waals surface area (Å²) in [6.45, 7) is 2.50. The van der Waals surface area contributed by atoms with Gasteiger partial charge in [-0.2, -0.15) is 0 Å². The van der Waals surface area contributed by atoms with Crippen LogP contribution in [0.1, 0.15) is 38.5 Å². The van der Waals surface area contributed by atoms with Gasteiger partial charge in [0.05, 0.1) is 6.54 Å². The lowest BCUT2D eigenvalue weighted by Crippen LogP contribution is -2.44. The number of likely N-dealkylation sites (N-methyl/N-ethyl adjacent to an activating group) is 1. The van der Waals surface area contributed by atoms with Gasteiger partial charge >= 0.3 is 0 Å². The average Bonchev–Trinajstić information content (AvgIpc) is 2.83. The van der Waals surface area contributed by atoms with Gasteiger partial charge in [-0.15, -0.1) is 0 Å². The summed E-state index contributed by atoms with van der Waals surface area (Å²) in [4.78, 5) is 16.3. The topological polar surface area (TPSA) is 49.6 Å². The Bertz CT molecular complexity index is 255. The molecule has 0 aromatic heterocycles. The first-order valence-electron chi connectivity index (χ1n) is 6.90. The molecular weight excluding hydrogens is 214 g/mol. The van der Waals surface area contributed by atoms with E-state index >= 15 is 0 Å². The molecule has 0 aromatic rings. The quantitative estimate of drug-likeness (QED) is 0.793. The first-order chi connectivity index (χ1) is 8.16. The molecule has 1 aliphatic heterocycles. The second-order valence-electron chi connectivity index (χ2n) is 5.57. The molecule has 0 unspecified atom stereocenters. The first kappa shape index (κ1) is 12.8. The Morgan fingerprint density at radius 2 is 1.82 bits per heavy atom. The van der Waals surface area contributed by atoms with E-state index in [0.29, 0.717) is 24.5 Å². The van der Waals surface area contributed by atoms with Crippen LogP contribution in [0.3, 0.4) is 0 Å². The van der Waals surface area contributed by atoms with Crippen LogP contribution in [0.25, 0.3) is 0 Å². The van der Waals surface area contributed by atoms with E-state index in [2.05, 4.69) is 11.9 Å². The molecule has 0 spiro atoms. The van der Waals surface area contributed by atoms with Crippen LogP contribution in [0.2, 0.25) is 0 Å². The van der Waals surface area contributed by atoms with Gasteiger partial charge in [-0.1, -0.05) is 0 Å².